The summed E-state index contributed by atoms with van der Waals surface area (Å²) in [6.07, 6.45) is 1.78. The minimum atomic E-state index is -0.120. The van der Waals surface area contributed by atoms with Crippen molar-refractivity contribution in [3.8, 4) is 11.1 Å². The Hall–Kier alpha value is -3.47. The Morgan fingerprint density at radius 3 is 2.62 bits per heavy atom. The number of rotatable bonds is 4. The molecule has 0 aliphatic rings. The number of amides is 1. The third-order valence-electron chi connectivity index (χ3n) is 5.31. The molecule has 4 rings (SSSR count). The third kappa shape index (κ3) is 3.63. The fraction of sp³-hybridized carbons (Fsp3) is 0.208. The Kier molecular flexibility index (Phi) is 4.89. The molecule has 0 aliphatic heterocycles. The van der Waals surface area contributed by atoms with E-state index in [1.54, 1.807) is 10.9 Å². The molecule has 29 heavy (non-hydrogen) atoms. The molecular weight excluding hydrogens is 360 g/mol. The lowest BCUT2D eigenvalue weighted by Gasteiger charge is -2.10. The number of fused-ring (bicyclic) bond motifs is 1. The third-order valence-corrected chi connectivity index (χ3v) is 5.31. The van der Waals surface area contributed by atoms with Crippen molar-refractivity contribution in [2.24, 2.45) is 0 Å². The van der Waals surface area contributed by atoms with Gasteiger partial charge in [0.1, 0.15) is 6.54 Å². The Labute approximate surface area is 170 Å². The van der Waals surface area contributed by atoms with E-state index in [1.807, 2.05) is 51.1 Å². The topological polar surface area (TPSA) is 59.8 Å². The first-order valence-corrected chi connectivity index (χ1v) is 9.69. The van der Waals surface area contributed by atoms with Crippen molar-refractivity contribution < 1.29 is 4.79 Å². The molecule has 0 fully saturated rings. The molecule has 0 saturated heterocycles. The minimum absolute atomic E-state index is 0.113. The maximum Gasteiger partial charge on any atom is 0.246 e. The molecule has 0 saturated carbocycles. The van der Waals surface area contributed by atoms with Crippen LogP contribution in [0.5, 0.6) is 0 Å². The van der Waals surface area contributed by atoms with Gasteiger partial charge in [-0.15, -0.1) is 0 Å². The zero-order valence-electron chi connectivity index (χ0n) is 17.2. The maximum atomic E-state index is 12.7. The van der Waals surface area contributed by atoms with Gasteiger partial charge in [-0.25, -0.2) is 9.67 Å². The maximum absolute atomic E-state index is 12.7. The van der Waals surface area contributed by atoms with Crippen molar-refractivity contribution in [1.29, 1.82) is 0 Å². The molecular formula is C24H24N4O. The highest BCUT2D eigenvalue weighted by atomic mass is 16.2. The summed E-state index contributed by atoms with van der Waals surface area (Å²) in [6.45, 7) is 8.19. The van der Waals surface area contributed by atoms with Crippen LogP contribution in [0.25, 0.3) is 22.2 Å². The fourth-order valence-corrected chi connectivity index (χ4v) is 3.66. The lowest BCUT2D eigenvalue weighted by molar-refractivity contribution is -0.116. The molecule has 0 aliphatic carbocycles. The van der Waals surface area contributed by atoms with E-state index in [2.05, 4.69) is 40.5 Å². The Morgan fingerprint density at radius 1 is 1.03 bits per heavy atom. The average molecular weight is 384 g/mol. The lowest BCUT2D eigenvalue weighted by atomic mass is 10.0. The lowest BCUT2D eigenvalue weighted by Crippen LogP contribution is -2.20. The molecule has 5 nitrogen and oxygen atoms in total. The molecule has 0 atom stereocenters. The summed E-state index contributed by atoms with van der Waals surface area (Å²) in [5.41, 5.74) is 8.04. The highest BCUT2D eigenvalue weighted by molar-refractivity contribution is 5.96. The molecule has 2 heterocycles. The second-order valence-electron chi connectivity index (χ2n) is 7.47. The van der Waals surface area contributed by atoms with Crippen molar-refractivity contribution in [3.63, 3.8) is 0 Å². The molecule has 5 heteroatoms. The van der Waals surface area contributed by atoms with E-state index < -0.39 is 0 Å². The number of aromatic nitrogens is 3. The van der Waals surface area contributed by atoms with Crippen LogP contribution in [0.1, 0.15) is 22.4 Å². The van der Waals surface area contributed by atoms with Gasteiger partial charge in [0, 0.05) is 17.3 Å². The predicted molar refractivity (Wildman–Crippen MR) is 117 cm³/mol. The predicted octanol–water partition coefficient (Wildman–Crippen LogP) is 4.97. The van der Waals surface area contributed by atoms with Gasteiger partial charge in [-0.05, 0) is 62.1 Å². The second-order valence-corrected chi connectivity index (χ2v) is 7.47. The smallest absolute Gasteiger partial charge is 0.246 e. The standard InChI is InChI=1S/C24H24N4O/c1-15-7-5-9-19(13-15)20-11-12-25-24-23(20)18(4)27-28(24)14-22(29)26-21-10-6-8-16(2)17(21)3/h5-13H,14H2,1-4H3,(H,26,29). The number of hydrogen-bond donors (Lipinski definition) is 1. The van der Waals surface area contributed by atoms with Crippen LogP contribution in [-0.4, -0.2) is 20.7 Å². The van der Waals surface area contributed by atoms with Crippen molar-refractivity contribution in [1.82, 2.24) is 14.8 Å². The molecule has 0 unspecified atom stereocenters. The van der Waals surface area contributed by atoms with Crippen LogP contribution < -0.4 is 5.32 Å². The van der Waals surface area contributed by atoms with Crippen molar-refractivity contribution in [2.75, 3.05) is 5.32 Å². The van der Waals surface area contributed by atoms with Crippen LogP contribution in [-0.2, 0) is 11.3 Å². The van der Waals surface area contributed by atoms with Gasteiger partial charge in [-0.3, -0.25) is 4.79 Å². The molecule has 2 aromatic heterocycles. The minimum Gasteiger partial charge on any atom is -0.324 e. The Balaban J connectivity index is 1.68. The molecule has 1 amide bonds. The number of carbonyl (C=O) groups excluding carboxylic acids is 1. The van der Waals surface area contributed by atoms with Gasteiger partial charge < -0.3 is 5.32 Å². The molecule has 146 valence electrons. The van der Waals surface area contributed by atoms with Gasteiger partial charge >= 0.3 is 0 Å². The van der Waals surface area contributed by atoms with E-state index in [0.29, 0.717) is 0 Å². The van der Waals surface area contributed by atoms with Crippen LogP contribution in [0.2, 0.25) is 0 Å². The molecule has 0 spiro atoms. The summed E-state index contributed by atoms with van der Waals surface area (Å²) in [6, 6.07) is 16.3. The summed E-state index contributed by atoms with van der Waals surface area (Å²) >= 11 is 0. The SMILES string of the molecule is Cc1cccc(-c2ccnc3c2c(C)nn3CC(=O)Nc2cccc(C)c2C)c1. The number of aryl methyl sites for hydroxylation is 3. The Morgan fingerprint density at radius 2 is 1.83 bits per heavy atom. The number of hydrogen-bond acceptors (Lipinski definition) is 3. The summed E-state index contributed by atoms with van der Waals surface area (Å²) < 4.78 is 1.68. The highest BCUT2D eigenvalue weighted by Crippen LogP contribution is 2.30. The van der Waals surface area contributed by atoms with Crippen LogP contribution >= 0.6 is 0 Å². The van der Waals surface area contributed by atoms with Crippen LogP contribution in [0.4, 0.5) is 5.69 Å². The Bertz CT molecular complexity index is 1220. The summed E-state index contributed by atoms with van der Waals surface area (Å²) in [5.74, 6) is -0.120. The zero-order chi connectivity index (χ0) is 20.5. The van der Waals surface area contributed by atoms with Crippen LogP contribution in [0.15, 0.2) is 54.7 Å². The quantitative estimate of drug-likeness (QED) is 0.540. The van der Waals surface area contributed by atoms with E-state index in [9.17, 15) is 4.79 Å². The fourth-order valence-electron chi connectivity index (χ4n) is 3.66. The molecule has 2 aromatic carbocycles. The number of nitrogens with one attached hydrogen (secondary N) is 1. The first-order chi connectivity index (χ1) is 13.9. The highest BCUT2D eigenvalue weighted by Gasteiger charge is 2.16. The van der Waals surface area contributed by atoms with Gasteiger partial charge in [0.2, 0.25) is 5.91 Å². The van der Waals surface area contributed by atoms with Gasteiger partial charge in [0.15, 0.2) is 5.65 Å². The number of nitrogens with zero attached hydrogens (tertiary/aromatic N) is 3. The summed E-state index contributed by atoms with van der Waals surface area (Å²) in [5, 5.41) is 8.60. The largest absolute Gasteiger partial charge is 0.324 e. The molecule has 0 radical (unpaired) electrons. The van der Waals surface area contributed by atoms with Gasteiger partial charge in [0.25, 0.3) is 0 Å². The van der Waals surface area contributed by atoms with Crippen LogP contribution in [0.3, 0.4) is 0 Å². The van der Waals surface area contributed by atoms with Crippen LogP contribution in [0, 0.1) is 27.7 Å². The van der Waals surface area contributed by atoms with E-state index in [1.165, 1.54) is 5.56 Å². The number of benzene rings is 2. The zero-order valence-corrected chi connectivity index (χ0v) is 17.2. The summed E-state index contributed by atoms with van der Waals surface area (Å²) in [4.78, 5) is 17.2. The van der Waals surface area contributed by atoms with Gasteiger partial charge in [-0.2, -0.15) is 5.10 Å². The van der Waals surface area contributed by atoms with E-state index in [-0.39, 0.29) is 12.5 Å². The molecule has 1 N–H and O–H groups in total. The number of anilines is 1. The van der Waals surface area contributed by atoms with Gasteiger partial charge in [-0.1, -0.05) is 42.0 Å². The first kappa shape index (κ1) is 18.9. The van der Waals surface area contributed by atoms with Crippen molar-refractivity contribution in [3.05, 3.63) is 77.1 Å². The normalized spacial score (nSPS) is 11.0. The van der Waals surface area contributed by atoms with Gasteiger partial charge in [0.05, 0.1) is 5.69 Å². The first-order valence-electron chi connectivity index (χ1n) is 9.69. The molecule has 4 aromatic rings. The number of carbonyl (C=O) groups is 1. The average Bonchev–Trinajstić information content (AvgIpc) is 3.01. The second kappa shape index (κ2) is 7.51. The monoisotopic (exact) mass is 384 g/mol. The van der Waals surface area contributed by atoms with E-state index in [4.69, 9.17) is 0 Å². The van der Waals surface area contributed by atoms with Crippen molar-refractivity contribution in [2.45, 2.75) is 34.2 Å². The van der Waals surface area contributed by atoms with E-state index >= 15 is 0 Å². The van der Waals surface area contributed by atoms with E-state index in [0.717, 1.165) is 44.7 Å². The number of pyridine rings is 1. The summed E-state index contributed by atoms with van der Waals surface area (Å²) in [7, 11) is 0. The van der Waals surface area contributed by atoms with Crippen molar-refractivity contribution >= 4 is 22.6 Å². The molecule has 0 bridgehead atoms.